The van der Waals surface area contributed by atoms with E-state index in [-0.39, 0.29) is 45.7 Å². The van der Waals surface area contributed by atoms with E-state index in [4.69, 9.17) is 0 Å². The Kier molecular flexibility index (Phi) is 6.30. The molecule has 1 unspecified atom stereocenters. The van der Waals surface area contributed by atoms with Crippen LogP contribution in [0.3, 0.4) is 0 Å². The number of allylic oxidation sites excluding steroid dienone is 2. The largest absolute Gasteiger partial charge is 0.505 e. The van der Waals surface area contributed by atoms with Crippen molar-refractivity contribution in [3.05, 3.63) is 68.0 Å². The first-order valence-electron chi connectivity index (χ1n) is 10.7. The monoisotopic (exact) mass is 437 g/mol. The topological polar surface area (TPSA) is 98.7 Å². The number of hydrogen-bond donors (Lipinski definition) is 3. The number of rotatable bonds is 6. The molecule has 0 spiro atoms. The highest BCUT2D eigenvalue weighted by Gasteiger charge is 2.32. The summed E-state index contributed by atoms with van der Waals surface area (Å²) in [6, 6.07) is 4.47. The third-order valence-corrected chi connectivity index (χ3v) is 5.67. The van der Waals surface area contributed by atoms with Crippen LogP contribution >= 0.6 is 0 Å². The molecular formula is C25H31N3O4. The molecule has 32 heavy (non-hydrogen) atoms. The third-order valence-electron chi connectivity index (χ3n) is 5.67. The number of benzene rings is 1. The van der Waals surface area contributed by atoms with Crippen LogP contribution in [0.5, 0.6) is 5.75 Å². The van der Waals surface area contributed by atoms with Gasteiger partial charge in [0.1, 0.15) is 11.4 Å². The molecule has 0 aromatic heterocycles. The van der Waals surface area contributed by atoms with Crippen LogP contribution in [-0.4, -0.2) is 36.1 Å². The summed E-state index contributed by atoms with van der Waals surface area (Å²) in [5, 5.41) is 16.7. The lowest BCUT2D eigenvalue weighted by Crippen LogP contribution is -2.43. The van der Waals surface area contributed by atoms with Gasteiger partial charge in [0, 0.05) is 14.1 Å². The van der Waals surface area contributed by atoms with Crippen LogP contribution in [0, 0.1) is 11.3 Å². The Hall–Kier alpha value is -3.35. The molecule has 0 bridgehead atoms. The van der Waals surface area contributed by atoms with Gasteiger partial charge in [-0.15, -0.1) is 0 Å². The standard InChI is InChI=1S/C25H31N3O4/c1-14-10-12-15(13-11-14)23(25(2,3)4)27-19-18(21(30)22(19)31)26-17-9-7-8-16(20(17)29)24(32)28(5)6/h7-10,12-14,23,26-27,29H,11H2,1-6H3/t14?,23-/m0/s1. The van der Waals surface area contributed by atoms with Crippen LogP contribution in [0.2, 0.25) is 0 Å². The van der Waals surface area contributed by atoms with Crippen LogP contribution in [0.4, 0.5) is 17.1 Å². The Balaban J connectivity index is 1.94. The van der Waals surface area contributed by atoms with Crippen molar-refractivity contribution in [2.45, 2.75) is 40.2 Å². The molecule has 2 aromatic carbocycles. The molecule has 0 aliphatic heterocycles. The second-order valence-electron chi connectivity index (χ2n) is 9.65. The molecule has 3 rings (SSSR count). The second kappa shape index (κ2) is 8.65. The zero-order chi connectivity index (χ0) is 23.8. The SMILES string of the molecule is CC1C=CC([C@H](Nc2c(Nc3cccc(C(=O)N(C)C)c3O)c(=O)c2=O)C(C)(C)C)=CC1. The second-order valence-corrected chi connectivity index (χ2v) is 9.65. The Labute approximate surface area is 188 Å². The fraction of sp³-hybridized carbons (Fsp3) is 0.400. The van der Waals surface area contributed by atoms with Gasteiger partial charge >= 0.3 is 0 Å². The maximum Gasteiger partial charge on any atom is 0.257 e. The minimum atomic E-state index is -0.661. The minimum absolute atomic E-state index is 0.0859. The van der Waals surface area contributed by atoms with Gasteiger partial charge in [0.25, 0.3) is 16.8 Å². The molecule has 1 aliphatic rings. The van der Waals surface area contributed by atoms with Crippen molar-refractivity contribution < 1.29 is 9.90 Å². The zero-order valence-electron chi connectivity index (χ0n) is 19.4. The van der Waals surface area contributed by atoms with Crippen molar-refractivity contribution in [3.8, 4) is 5.75 Å². The van der Waals surface area contributed by atoms with Crippen molar-refractivity contribution in [1.82, 2.24) is 4.90 Å². The molecule has 3 N–H and O–H groups in total. The van der Waals surface area contributed by atoms with Crippen molar-refractivity contribution in [1.29, 1.82) is 0 Å². The van der Waals surface area contributed by atoms with Crippen LogP contribution in [0.15, 0.2) is 51.6 Å². The van der Waals surface area contributed by atoms with E-state index in [1.165, 1.54) is 11.0 Å². The number of amides is 1. The molecule has 1 aliphatic carbocycles. The summed E-state index contributed by atoms with van der Waals surface area (Å²) in [7, 11) is 3.17. The normalized spacial score (nSPS) is 17.1. The summed E-state index contributed by atoms with van der Waals surface area (Å²) >= 11 is 0. The number of phenolic OH excluding ortho intramolecular Hbond substituents is 1. The van der Waals surface area contributed by atoms with E-state index in [0.717, 1.165) is 12.0 Å². The van der Waals surface area contributed by atoms with Gasteiger partial charge < -0.3 is 20.6 Å². The molecule has 0 heterocycles. The number of hydrogen-bond acceptors (Lipinski definition) is 6. The van der Waals surface area contributed by atoms with Gasteiger partial charge in [-0.3, -0.25) is 14.4 Å². The van der Waals surface area contributed by atoms with E-state index in [1.54, 1.807) is 26.2 Å². The molecule has 7 heteroatoms. The van der Waals surface area contributed by atoms with Gasteiger partial charge in [-0.1, -0.05) is 52.0 Å². The van der Waals surface area contributed by atoms with Crippen molar-refractivity contribution >= 4 is 23.0 Å². The van der Waals surface area contributed by atoms with Crippen LogP contribution in [0.1, 0.15) is 44.5 Å². The molecule has 1 amide bonds. The van der Waals surface area contributed by atoms with Gasteiger partial charge in [-0.2, -0.15) is 0 Å². The Bertz CT molecular complexity index is 1160. The summed E-state index contributed by atoms with van der Waals surface area (Å²) in [5.74, 6) is -0.181. The van der Waals surface area contributed by atoms with Crippen LogP contribution < -0.4 is 21.5 Å². The van der Waals surface area contributed by atoms with E-state index in [2.05, 4.69) is 56.6 Å². The average molecular weight is 438 g/mol. The van der Waals surface area contributed by atoms with Crippen LogP contribution in [0.25, 0.3) is 0 Å². The predicted molar refractivity (Wildman–Crippen MR) is 129 cm³/mol. The highest BCUT2D eigenvalue weighted by Crippen LogP contribution is 2.35. The first-order chi connectivity index (χ1) is 14.9. The highest BCUT2D eigenvalue weighted by atomic mass is 16.3. The summed E-state index contributed by atoms with van der Waals surface area (Å²) < 4.78 is 0. The van der Waals surface area contributed by atoms with E-state index in [0.29, 0.717) is 5.92 Å². The number of para-hydroxylation sites is 1. The third kappa shape index (κ3) is 4.47. The molecular weight excluding hydrogens is 406 g/mol. The van der Waals surface area contributed by atoms with E-state index in [1.807, 2.05) is 0 Å². The van der Waals surface area contributed by atoms with Crippen molar-refractivity contribution in [2.75, 3.05) is 24.7 Å². The van der Waals surface area contributed by atoms with Gasteiger partial charge in [0.2, 0.25) is 0 Å². The lowest BCUT2D eigenvalue weighted by Gasteiger charge is -2.35. The van der Waals surface area contributed by atoms with E-state index in [9.17, 15) is 19.5 Å². The average Bonchev–Trinajstić information content (AvgIpc) is 2.73. The van der Waals surface area contributed by atoms with Gasteiger partial charge in [0.05, 0.1) is 17.3 Å². The summed E-state index contributed by atoms with van der Waals surface area (Å²) in [5.41, 5.74) is 0.137. The molecule has 0 saturated carbocycles. The Morgan fingerprint density at radius 3 is 2.38 bits per heavy atom. The quantitative estimate of drug-likeness (QED) is 0.470. The summed E-state index contributed by atoms with van der Waals surface area (Å²) in [6.45, 7) is 8.35. The van der Waals surface area contributed by atoms with E-state index < -0.39 is 10.9 Å². The molecule has 0 radical (unpaired) electrons. The molecule has 170 valence electrons. The molecule has 2 atom stereocenters. The maximum absolute atomic E-state index is 12.4. The number of anilines is 3. The molecule has 2 aromatic rings. The minimum Gasteiger partial charge on any atom is -0.505 e. The molecule has 7 nitrogen and oxygen atoms in total. The first-order valence-corrected chi connectivity index (χ1v) is 10.7. The zero-order valence-corrected chi connectivity index (χ0v) is 19.4. The van der Waals surface area contributed by atoms with Gasteiger partial charge in [0.15, 0.2) is 5.75 Å². The fourth-order valence-electron chi connectivity index (χ4n) is 3.74. The van der Waals surface area contributed by atoms with Crippen LogP contribution in [-0.2, 0) is 0 Å². The molecule has 0 fully saturated rings. The van der Waals surface area contributed by atoms with Crippen molar-refractivity contribution in [3.63, 3.8) is 0 Å². The van der Waals surface area contributed by atoms with Gasteiger partial charge in [-0.05, 0) is 35.5 Å². The smallest absolute Gasteiger partial charge is 0.257 e. The highest BCUT2D eigenvalue weighted by molar-refractivity contribution is 5.99. The van der Waals surface area contributed by atoms with Gasteiger partial charge in [-0.25, -0.2) is 0 Å². The number of nitrogens with one attached hydrogen (secondary N) is 2. The van der Waals surface area contributed by atoms with Crippen molar-refractivity contribution in [2.24, 2.45) is 11.3 Å². The Morgan fingerprint density at radius 1 is 1.16 bits per heavy atom. The number of phenols is 1. The number of aromatic hydroxyl groups is 1. The number of carbonyl (C=O) groups excluding carboxylic acids is 1. The molecule has 0 saturated heterocycles. The number of nitrogens with zero attached hydrogens (tertiary/aromatic N) is 1. The summed E-state index contributed by atoms with van der Waals surface area (Å²) in [6.07, 6.45) is 7.28. The lowest BCUT2D eigenvalue weighted by atomic mass is 9.79. The lowest BCUT2D eigenvalue weighted by molar-refractivity contribution is 0.0824. The number of carbonyl (C=O) groups is 1. The first kappa shape index (κ1) is 23.3. The predicted octanol–water partition coefficient (Wildman–Crippen LogP) is 3.78. The summed E-state index contributed by atoms with van der Waals surface area (Å²) in [4.78, 5) is 38.5. The fourth-order valence-corrected chi connectivity index (χ4v) is 3.74. The Morgan fingerprint density at radius 2 is 1.81 bits per heavy atom. The van der Waals surface area contributed by atoms with E-state index >= 15 is 0 Å². The maximum atomic E-state index is 12.4.